The number of nitrogens with two attached hydrogens (primary N) is 1. The van der Waals surface area contributed by atoms with Gasteiger partial charge in [0.05, 0.1) is 0 Å². The summed E-state index contributed by atoms with van der Waals surface area (Å²) < 4.78 is 0. The minimum absolute atomic E-state index is 0.364. The second-order valence-corrected chi connectivity index (χ2v) is 5.23. The van der Waals surface area contributed by atoms with Gasteiger partial charge in [0.15, 0.2) is 0 Å². The summed E-state index contributed by atoms with van der Waals surface area (Å²) in [7, 11) is 0. The van der Waals surface area contributed by atoms with Gasteiger partial charge in [0, 0.05) is 18.6 Å². The molecular weight excluding hydrogens is 208 g/mol. The quantitative estimate of drug-likeness (QED) is 0.868. The standard InChI is InChI=1S/C15H24N2/c1-3-15(13-8-6-12(2)7-9-13)17-10-4-5-14(16)11-17/h6-9,14-15H,3-5,10-11,16H2,1-2H3. The van der Waals surface area contributed by atoms with E-state index in [0.29, 0.717) is 12.1 Å². The SMILES string of the molecule is CCC(c1ccc(C)cc1)N1CCCC(N)C1. The van der Waals surface area contributed by atoms with Crippen molar-refractivity contribution < 1.29 is 0 Å². The zero-order valence-electron chi connectivity index (χ0n) is 11.0. The summed E-state index contributed by atoms with van der Waals surface area (Å²) in [6.07, 6.45) is 3.58. The summed E-state index contributed by atoms with van der Waals surface area (Å²) in [6, 6.07) is 9.86. The Hall–Kier alpha value is -0.860. The highest BCUT2D eigenvalue weighted by Gasteiger charge is 2.23. The smallest absolute Gasteiger partial charge is 0.0346 e. The van der Waals surface area contributed by atoms with Crippen molar-refractivity contribution in [3.63, 3.8) is 0 Å². The number of benzene rings is 1. The fraction of sp³-hybridized carbons (Fsp3) is 0.600. The molecule has 0 aliphatic carbocycles. The first kappa shape index (κ1) is 12.6. The third kappa shape index (κ3) is 3.08. The van der Waals surface area contributed by atoms with Gasteiger partial charge < -0.3 is 5.73 Å². The molecule has 1 aromatic carbocycles. The molecule has 0 saturated carbocycles. The second kappa shape index (κ2) is 5.65. The third-order valence-corrected chi connectivity index (χ3v) is 3.78. The molecule has 1 aliphatic rings. The van der Waals surface area contributed by atoms with Gasteiger partial charge in [0.1, 0.15) is 0 Å². The Bertz CT molecular complexity index is 344. The summed E-state index contributed by atoms with van der Waals surface area (Å²) in [5, 5.41) is 0. The molecule has 2 N–H and O–H groups in total. The third-order valence-electron chi connectivity index (χ3n) is 3.78. The molecule has 2 rings (SSSR count). The molecule has 0 bridgehead atoms. The second-order valence-electron chi connectivity index (χ2n) is 5.23. The lowest BCUT2D eigenvalue weighted by Gasteiger charge is -2.37. The van der Waals surface area contributed by atoms with Gasteiger partial charge in [0.25, 0.3) is 0 Å². The van der Waals surface area contributed by atoms with E-state index in [9.17, 15) is 0 Å². The Morgan fingerprint density at radius 2 is 2.06 bits per heavy atom. The van der Waals surface area contributed by atoms with Gasteiger partial charge in [-0.15, -0.1) is 0 Å². The Morgan fingerprint density at radius 1 is 1.35 bits per heavy atom. The van der Waals surface area contributed by atoms with Crippen LogP contribution in [-0.2, 0) is 0 Å². The molecule has 1 saturated heterocycles. The first-order chi connectivity index (χ1) is 8.20. The molecule has 1 aliphatic heterocycles. The van der Waals surface area contributed by atoms with Gasteiger partial charge in [-0.25, -0.2) is 0 Å². The zero-order chi connectivity index (χ0) is 12.3. The molecule has 2 atom stereocenters. The highest BCUT2D eigenvalue weighted by molar-refractivity contribution is 5.24. The molecular formula is C15H24N2. The van der Waals surface area contributed by atoms with E-state index in [4.69, 9.17) is 5.73 Å². The van der Waals surface area contributed by atoms with Crippen LogP contribution in [0, 0.1) is 6.92 Å². The van der Waals surface area contributed by atoms with Gasteiger partial charge in [-0.05, 0) is 38.3 Å². The van der Waals surface area contributed by atoms with E-state index < -0.39 is 0 Å². The van der Waals surface area contributed by atoms with E-state index >= 15 is 0 Å². The largest absolute Gasteiger partial charge is 0.327 e. The maximum Gasteiger partial charge on any atom is 0.0346 e. The van der Waals surface area contributed by atoms with E-state index in [0.717, 1.165) is 13.0 Å². The molecule has 1 fully saturated rings. The van der Waals surface area contributed by atoms with E-state index in [-0.39, 0.29) is 0 Å². The van der Waals surface area contributed by atoms with Crippen LogP contribution in [0.5, 0.6) is 0 Å². The average molecular weight is 232 g/mol. The summed E-state index contributed by atoms with van der Waals surface area (Å²) in [5.41, 5.74) is 8.85. The van der Waals surface area contributed by atoms with Gasteiger partial charge in [-0.2, -0.15) is 0 Å². The Labute approximate surface area is 105 Å². The van der Waals surface area contributed by atoms with E-state index in [1.54, 1.807) is 0 Å². The van der Waals surface area contributed by atoms with Crippen molar-refractivity contribution in [1.29, 1.82) is 0 Å². The Morgan fingerprint density at radius 3 is 2.65 bits per heavy atom. The topological polar surface area (TPSA) is 29.3 Å². The molecule has 2 unspecified atom stereocenters. The monoisotopic (exact) mass is 232 g/mol. The van der Waals surface area contributed by atoms with Crippen molar-refractivity contribution in [1.82, 2.24) is 4.90 Å². The van der Waals surface area contributed by atoms with Crippen LogP contribution in [0.3, 0.4) is 0 Å². The predicted molar refractivity (Wildman–Crippen MR) is 73.0 cm³/mol. The lowest BCUT2D eigenvalue weighted by atomic mass is 9.97. The lowest BCUT2D eigenvalue weighted by Crippen LogP contribution is -2.44. The van der Waals surface area contributed by atoms with Gasteiger partial charge >= 0.3 is 0 Å². The molecule has 1 heterocycles. The van der Waals surface area contributed by atoms with Crippen LogP contribution in [0.2, 0.25) is 0 Å². The van der Waals surface area contributed by atoms with Gasteiger partial charge in [0.2, 0.25) is 0 Å². The molecule has 0 spiro atoms. The number of piperidine rings is 1. The van der Waals surface area contributed by atoms with Gasteiger partial charge in [-0.3, -0.25) is 4.90 Å². The van der Waals surface area contributed by atoms with Crippen molar-refractivity contribution >= 4 is 0 Å². The normalized spacial score (nSPS) is 23.6. The van der Waals surface area contributed by atoms with Crippen molar-refractivity contribution in [2.75, 3.05) is 13.1 Å². The number of rotatable bonds is 3. The zero-order valence-corrected chi connectivity index (χ0v) is 11.0. The summed E-state index contributed by atoms with van der Waals surface area (Å²) in [4.78, 5) is 2.55. The Balaban J connectivity index is 2.12. The van der Waals surface area contributed by atoms with Crippen LogP contribution in [0.1, 0.15) is 43.4 Å². The molecule has 2 heteroatoms. The summed E-state index contributed by atoms with van der Waals surface area (Å²) >= 11 is 0. The van der Waals surface area contributed by atoms with Crippen LogP contribution in [0.15, 0.2) is 24.3 Å². The van der Waals surface area contributed by atoms with Crippen LogP contribution in [-0.4, -0.2) is 24.0 Å². The maximum atomic E-state index is 6.08. The first-order valence-electron chi connectivity index (χ1n) is 6.77. The average Bonchev–Trinajstić information content (AvgIpc) is 2.33. The van der Waals surface area contributed by atoms with E-state index in [1.807, 2.05) is 0 Å². The van der Waals surface area contributed by atoms with Crippen LogP contribution >= 0.6 is 0 Å². The highest BCUT2D eigenvalue weighted by atomic mass is 15.2. The predicted octanol–water partition coefficient (Wildman–Crippen LogP) is 2.87. The molecule has 2 nitrogen and oxygen atoms in total. The summed E-state index contributed by atoms with van der Waals surface area (Å²) in [5.74, 6) is 0. The molecule has 1 aromatic rings. The van der Waals surface area contributed by atoms with Crippen molar-refractivity contribution in [3.8, 4) is 0 Å². The number of nitrogens with zero attached hydrogens (tertiary/aromatic N) is 1. The lowest BCUT2D eigenvalue weighted by molar-refractivity contribution is 0.145. The molecule has 17 heavy (non-hydrogen) atoms. The molecule has 0 aromatic heterocycles. The van der Waals surface area contributed by atoms with Crippen LogP contribution in [0.25, 0.3) is 0 Å². The van der Waals surface area contributed by atoms with E-state index in [1.165, 1.54) is 30.5 Å². The first-order valence-corrected chi connectivity index (χ1v) is 6.77. The number of hydrogen-bond acceptors (Lipinski definition) is 2. The fourth-order valence-corrected chi connectivity index (χ4v) is 2.82. The highest BCUT2D eigenvalue weighted by Crippen LogP contribution is 2.27. The Kier molecular flexibility index (Phi) is 4.19. The maximum absolute atomic E-state index is 6.08. The number of hydrogen-bond donors (Lipinski definition) is 1. The van der Waals surface area contributed by atoms with E-state index in [2.05, 4.69) is 43.0 Å². The number of likely N-dealkylation sites (tertiary alicyclic amines) is 1. The minimum Gasteiger partial charge on any atom is -0.327 e. The van der Waals surface area contributed by atoms with Gasteiger partial charge in [-0.1, -0.05) is 36.8 Å². The minimum atomic E-state index is 0.364. The molecule has 94 valence electrons. The van der Waals surface area contributed by atoms with Crippen molar-refractivity contribution in [3.05, 3.63) is 35.4 Å². The molecule has 0 radical (unpaired) electrons. The number of aryl methyl sites for hydroxylation is 1. The summed E-state index contributed by atoms with van der Waals surface area (Å²) in [6.45, 7) is 6.65. The van der Waals surface area contributed by atoms with Crippen molar-refractivity contribution in [2.24, 2.45) is 5.73 Å². The van der Waals surface area contributed by atoms with Crippen LogP contribution < -0.4 is 5.73 Å². The van der Waals surface area contributed by atoms with Crippen molar-refractivity contribution in [2.45, 2.75) is 45.2 Å². The molecule has 0 amide bonds. The van der Waals surface area contributed by atoms with Crippen LogP contribution in [0.4, 0.5) is 0 Å². The fourth-order valence-electron chi connectivity index (χ4n) is 2.82.